The fourth-order valence-corrected chi connectivity index (χ4v) is 4.46. The summed E-state index contributed by atoms with van der Waals surface area (Å²) in [4.78, 5) is 12.2. The summed E-state index contributed by atoms with van der Waals surface area (Å²) in [5.41, 5.74) is 5.56. The van der Waals surface area contributed by atoms with Gasteiger partial charge in [-0.15, -0.1) is 12.4 Å². The van der Waals surface area contributed by atoms with Crippen LogP contribution in [0.3, 0.4) is 0 Å². The molecule has 2 aliphatic rings. The molecule has 0 aromatic heterocycles. The van der Waals surface area contributed by atoms with Gasteiger partial charge in [0, 0.05) is 34.4 Å². The van der Waals surface area contributed by atoms with Crippen LogP contribution in [0.1, 0.15) is 45.4 Å². The molecular formula is C14H27ClN2O3S. The molecule has 0 spiro atoms. The molecule has 124 valence electrons. The fourth-order valence-electron chi connectivity index (χ4n) is 3.12. The van der Waals surface area contributed by atoms with E-state index in [2.05, 4.69) is 5.32 Å². The van der Waals surface area contributed by atoms with Crippen LogP contribution in [-0.4, -0.2) is 45.9 Å². The minimum atomic E-state index is -0.757. The maximum atomic E-state index is 12.2. The zero-order chi connectivity index (χ0) is 14.5. The zero-order valence-corrected chi connectivity index (χ0v) is 14.2. The van der Waals surface area contributed by atoms with Gasteiger partial charge in [0.15, 0.2) is 0 Å². The second-order valence-electron chi connectivity index (χ2n) is 5.72. The molecule has 5 nitrogen and oxygen atoms in total. The van der Waals surface area contributed by atoms with E-state index >= 15 is 0 Å². The number of carbonyl (C=O) groups excluding carboxylic acids is 1. The van der Waals surface area contributed by atoms with Crippen molar-refractivity contribution in [1.29, 1.82) is 0 Å². The van der Waals surface area contributed by atoms with E-state index in [4.69, 9.17) is 10.5 Å². The Morgan fingerprint density at radius 3 is 2.71 bits per heavy atom. The molecule has 0 aromatic carbocycles. The highest BCUT2D eigenvalue weighted by Gasteiger charge is 2.32. The summed E-state index contributed by atoms with van der Waals surface area (Å²) < 4.78 is 17.5. The van der Waals surface area contributed by atoms with Crippen LogP contribution in [0, 0.1) is 0 Å². The second-order valence-corrected chi connectivity index (χ2v) is 7.73. The molecule has 21 heavy (non-hydrogen) atoms. The molecule has 1 saturated heterocycles. The molecule has 2 rings (SSSR count). The molecule has 0 bridgehead atoms. The highest BCUT2D eigenvalue weighted by atomic mass is 35.5. The van der Waals surface area contributed by atoms with E-state index in [1.165, 1.54) is 0 Å². The summed E-state index contributed by atoms with van der Waals surface area (Å²) in [7, 11) is -0.757. The first-order chi connectivity index (χ1) is 9.63. The molecule has 7 heteroatoms. The molecule has 2 fully saturated rings. The van der Waals surface area contributed by atoms with E-state index in [0.717, 1.165) is 38.5 Å². The van der Waals surface area contributed by atoms with Gasteiger partial charge >= 0.3 is 0 Å². The van der Waals surface area contributed by atoms with Crippen LogP contribution in [-0.2, 0) is 20.3 Å². The molecule has 1 aliphatic heterocycles. The monoisotopic (exact) mass is 338 g/mol. The van der Waals surface area contributed by atoms with Crippen LogP contribution in [0.25, 0.3) is 0 Å². The largest absolute Gasteiger partial charge is 0.364 e. The Morgan fingerprint density at radius 1 is 1.33 bits per heavy atom. The van der Waals surface area contributed by atoms with Crippen molar-refractivity contribution >= 4 is 29.1 Å². The number of ether oxygens (including phenoxy) is 1. The standard InChI is InChI=1S/C14H26N2O3S.ClH/c1-2-20(18)12-5-3-4-10(8-12)16-14(17)13-7-6-11(9-15)19-13;/h10-13H,2-9,15H2,1H3,(H,16,17);1H/t10?,11-,12?,13+,20?;/m1./s1. The number of rotatable bonds is 5. The van der Waals surface area contributed by atoms with Gasteiger partial charge in [0.25, 0.3) is 0 Å². The molecule has 5 atom stereocenters. The summed E-state index contributed by atoms with van der Waals surface area (Å²) in [6.45, 7) is 2.43. The summed E-state index contributed by atoms with van der Waals surface area (Å²) in [5, 5.41) is 3.31. The van der Waals surface area contributed by atoms with Gasteiger partial charge in [-0.2, -0.15) is 0 Å². The lowest BCUT2D eigenvalue weighted by atomic mass is 9.94. The molecule has 1 saturated carbocycles. The van der Waals surface area contributed by atoms with Crippen LogP contribution < -0.4 is 11.1 Å². The number of nitrogens with two attached hydrogens (primary N) is 1. The van der Waals surface area contributed by atoms with Crippen molar-refractivity contribution in [1.82, 2.24) is 5.32 Å². The lowest BCUT2D eigenvalue weighted by molar-refractivity contribution is -0.132. The van der Waals surface area contributed by atoms with Crippen LogP contribution in [0.5, 0.6) is 0 Å². The Labute approximate surface area is 135 Å². The van der Waals surface area contributed by atoms with E-state index in [1.807, 2.05) is 6.92 Å². The molecule has 1 heterocycles. The lowest BCUT2D eigenvalue weighted by Gasteiger charge is -2.29. The quantitative estimate of drug-likeness (QED) is 0.786. The smallest absolute Gasteiger partial charge is 0.249 e. The van der Waals surface area contributed by atoms with Crippen molar-refractivity contribution in [2.24, 2.45) is 5.73 Å². The van der Waals surface area contributed by atoms with Gasteiger partial charge in [0.1, 0.15) is 6.10 Å². The third-order valence-electron chi connectivity index (χ3n) is 4.29. The summed E-state index contributed by atoms with van der Waals surface area (Å²) >= 11 is 0. The topological polar surface area (TPSA) is 81.4 Å². The molecule has 0 radical (unpaired) electrons. The Kier molecular flexibility index (Phi) is 8.16. The van der Waals surface area contributed by atoms with Crippen molar-refractivity contribution in [2.45, 2.75) is 68.9 Å². The van der Waals surface area contributed by atoms with Gasteiger partial charge in [-0.3, -0.25) is 9.00 Å². The van der Waals surface area contributed by atoms with Crippen molar-refractivity contribution in [2.75, 3.05) is 12.3 Å². The minimum absolute atomic E-state index is 0. The molecule has 1 aliphatic carbocycles. The van der Waals surface area contributed by atoms with Gasteiger partial charge < -0.3 is 15.8 Å². The number of nitrogens with one attached hydrogen (secondary N) is 1. The van der Waals surface area contributed by atoms with Gasteiger partial charge in [-0.25, -0.2) is 0 Å². The van der Waals surface area contributed by atoms with Gasteiger partial charge in [-0.1, -0.05) is 13.3 Å². The molecular weight excluding hydrogens is 312 g/mol. The van der Waals surface area contributed by atoms with E-state index in [1.54, 1.807) is 0 Å². The third-order valence-corrected chi connectivity index (χ3v) is 6.03. The van der Waals surface area contributed by atoms with E-state index < -0.39 is 10.8 Å². The second kappa shape index (κ2) is 9.08. The van der Waals surface area contributed by atoms with E-state index in [-0.39, 0.29) is 41.8 Å². The normalized spacial score (nSPS) is 34.0. The van der Waals surface area contributed by atoms with Crippen LogP contribution in [0.15, 0.2) is 0 Å². The first kappa shape index (κ1) is 18.9. The summed E-state index contributed by atoms with van der Waals surface area (Å²) in [5.74, 6) is 0.684. The van der Waals surface area contributed by atoms with Gasteiger partial charge in [0.2, 0.25) is 5.91 Å². The number of hydrogen-bond donors (Lipinski definition) is 2. The first-order valence-corrected chi connectivity index (χ1v) is 9.05. The zero-order valence-electron chi connectivity index (χ0n) is 12.6. The summed E-state index contributed by atoms with van der Waals surface area (Å²) in [6.07, 6.45) is 5.17. The van der Waals surface area contributed by atoms with Gasteiger partial charge in [0.05, 0.1) is 6.10 Å². The molecule has 3 unspecified atom stereocenters. The Balaban J connectivity index is 0.00000220. The summed E-state index contributed by atoms with van der Waals surface area (Å²) in [6, 6.07) is 0.150. The van der Waals surface area contributed by atoms with Crippen LogP contribution in [0.2, 0.25) is 0 Å². The van der Waals surface area contributed by atoms with E-state index in [9.17, 15) is 9.00 Å². The lowest BCUT2D eigenvalue weighted by Crippen LogP contribution is -2.45. The molecule has 3 N–H and O–H groups in total. The number of halogens is 1. The maximum absolute atomic E-state index is 12.2. The Bertz CT molecular complexity index is 370. The first-order valence-electron chi connectivity index (χ1n) is 7.67. The minimum Gasteiger partial charge on any atom is -0.364 e. The van der Waals surface area contributed by atoms with Gasteiger partial charge in [-0.05, 0) is 32.1 Å². The molecule has 0 aromatic rings. The Morgan fingerprint density at radius 2 is 2.10 bits per heavy atom. The third kappa shape index (κ3) is 5.20. The Hall–Kier alpha value is -0.170. The predicted octanol–water partition coefficient (Wildman–Crippen LogP) is 1.11. The average molecular weight is 339 g/mol. The number of carbonyl (C=O) groups is 1. The van der Waals surface area contributed by atoms with E-state index in [0.29, 0.717) is 12.3 Å². The van der Waals surface area contributed by atoms with Crippen LogP contribution in [0.4, 0.5) is 0 Å². The van der Waals surface area contributed by atoms with Crippen molar-refractivity contribution in [3.05, 3.63) is 0 Å². The maximum Gasteiger partial charge on any atom is 0.249 e. The average Bonchev–Trinajstić information content (AvgIpc) is 2.95. The number of amides is 1. The van der Waals surface area contributed by atoms with Crippen LogP contribution >= 0.6 is 12.4 Å². The SMILES string of the molecule is CCS(=O)C1CCCC(NC(=O)[C@@H]2CC[C@H](CN)O2)C1.Cl. The highest BCUT2D eigenvalue weighted by molar-refractivity contribution is 7.85. The highest BCUT2D eigenvalue weighted by Crippen LogP contribution is 2.24. The van der Waals surface area contributed by atoms with Crippen molar-refractivity contribution in [3.63, 3.8) is 0 Å². The fraction of sp³-hybridized carbons (Fsp3) is 0.929. The predicted molar refractivity (Wildman–Crippen MR) is 87.1 cm³/mol. The van der Waals surface area contributed by atoms with Crippen molar-refractivity contribution in [3.8, 4) is 0 Å². The molecule has 1 amide bonds. The van der Waals surface area contributed by atoms with Crippen molar-refractivity contribution < 1.29 is 13.7 Å². The number of hydrogen-bond acceptors (Lipinski definition) is 4.